The number of hydrogen-bond acceptors (Lipinski definition) is 7. The van der Waals surface area contributed by atoms with Crippen molar-refractivity contribution in [1.82, 2.24) is 20.6 Å². The molecule has 27 heavy (non-hydrogen) atoms. The Labute approximate surface area is 168 Å². The first kappa shape index (κ1) is 21.3. The molecular weight excluding hydrogens is 382 g/mol. The molecule has 9 heteroatoms. The van der Waals surface area contributed by atoms with Crippen molar-refractivity contribution in [2.24, 2.45) is 4.99 Å². The molecule has 2 heterocycles. The number of aromatic nitrogens is 2. The SMILES string of the molecule is CCOC(=O)c1sc(C(C)NC(=NC)NCCCc2nc(C)cs2)nc1C. The first-order chi connectivity index (χ1) is 12.9. The highest BCUT2D eigenvalue weighted by molar-refractivity contribution is 7.13. The summed E-state index contributed by atoms with van der Waals surface area (Å²) >= 11 is 3.06. The Hall–Kier alpha value is -2.00. The minimum Gasteiger partial charge on any atom is -0.462 e. The van der Waals surface area contributed by atoms with Crippen molar-refractivity contribution in [2.75, 3.05) is 20.2 Å². The summed E-state index contributed by atoms with van der Waals surface area (Å²) in [5.41, 5.74) is 1.78. The Bertz CT molecular complexity index is 785. The quantitative estimate of drug-likeness (QED) is 0.301. The van der Waals surface area contributed by atoms with Gasteiger partial charge < -0.3 is 15.4 Å². The molecule has 2 rings (SSSR count). The number of guanidine groups is 1. The van der Waals surface area contributed by atoms with Crippen molar-refractivity contribution < 1.29 is 9.53 Å². The topological polar surface area (TPSA) is 88.5 Å². The maximum absolute atomic E-state index is 12.0. The Morgan fingerprint density at radius 3 is 2.78 bits per heavy atom. The monoisotopic (exact) mass is 409 g/mol. The van der Waals surface area contributed by atoms with Gasteiger partial charge in [-0.05, 0) is 34.1 Å². The van der Waals surface area contributed by atoms with Crippen molar-refractivity contribution in [2.45, 2.75) is 46.6 Å². The normalized spacial score (nSPS) is 12.7. The Kier molecular flexibility index (Phi) is 8.18. The van der Waals surface area contributed by atoms with Gasteiger partial charge in [0.2, 0.25) is 0 Å². The first-order valence-corrected chi connectivity index (χ1v) is 10.7. The van der Waals surface area contributed by atoms with E-state index >= 15 is 0 Å². The number of ether oxygens (including phenoxy) is 1. The minimum absolute atomic E-state index is 0.0651. The Morgan fingerprint density at radius 2 is 2.15 bits per heavy atom. The standard InChI is InChI=1S/C18H27N5O2S2/c1-6-25-17(24)15-12(3)22-16(27-15)13(4)23-18(19-5)20-9-7-8-14-21-11(2)10-26-14/h10,13H,6-9H2,1-5H3,(H2,19,20,23). The number of nitrogens with zero attached hydrogens (tertiary/aromatic N) is 3. The third-order valence-electron chi connectivity index (χ3n) is 3.75. The second-order valence-corrected chi connectivity index (χ2v) is 8.01. The largest absolute Gasteiger partial charge is 0.462 e. The van der Waals surface area contributed by atoms with Gasteiger partial charge in [-0.1, -0.05) is 0 Å². The highest BCUT2D eigenvalue weighted by atomic mass is 32.1. The molecule has 0 bridgehead atoms. The van der Waals surface area contributed by atoms with E-state index in [0.717, 1.165) is 35.1 Å². The summed E-state index contributed by atoms with van der Waals surface area (Å²) in [6.45, 7) is 8.79. The number of thiazole rings is 2. The Morgan fingerprint density at radius 1 is 1.37 bits per heavy atom. The van der Waals surface area contributed by atoms with E-state index in [-0.39, 0.29) is 12.0 Å². The highest BCUT2D eigenvalue weighted by Crippen LogP contribution is 2.24. The lowest BCUT2D eigenvalue weighted by Gasteiger charge is -2.16. The zero-order valence-electron chi connectivity index (χ0n) is 16.5. The van der Waals surface area contributed by atoms with Crippen LogP contribution in [-0.4, -0.2) is 42.1 Å². The van der Waals surface area contributed by atoms with Crippen LogP contribution in [0.5, 0.6) is 0 Å². The zero-order chi connectivity index (χ0) is 19.8. The van der Waals surface area contributed by atoms with E-state index in [4.69, 9.17) is 4.74 Å². The van der Waals surface area contributed by atoms with Crippen LogP contribution in [0.3, 0.4) is 0 Å². The molecule has 1 unspecified atom stereocenters. The van der Waals surface area contributed by atoms with Gasteiger partial charge in [0.05, 0.1) is 23.4 Å². The highest BCUT2D eigenvalue weighted by Gasteiger charge is 2.20. The van der Waals surface area contributed by atoms with Crippen LogP contribution in [0.4, 0.5) is 0 Å². The summed E-state index contributed by atoms with van der Waals surface area (Å²) < 4.78 is 5.08. The van der Waals surface area contributed by atoms with Crippen LogP contribution < -0.4 is 10.6 Å². The van der Waals surface area contributed by atoms with E-state index in [0.29, 0.717) is 23.1 Å². The van der Waals surface area contributed by atoms with Gasteiger partial charge in [-0.15, -0.1) is 22.7 Å². The van der Waals surface area contributed by atoms with Crippen LogP contribution in [0.15, 0.2) is 10.4 Å². The molecule has 0 fully saturated rings. The maximum Gasteiger partial charge on any atom is 0.350 e. The van der Waals surface area contributed by atoms with Crippen molar-refractivity contribution in [3.8, 4) is 0 Å². The smallest absolute Gasteiger partial charge is 0.350 e. The lowest BCUT2D eigenvalue weighted by atomic mass is 10.3. The molecule has 1 atom stereocenters. The molecule has 7 nitrogen and oxygen atoms in total. The van der Waals surface area contributed by atoms with Gasteiger partial charge in [0, 0.05) is 31.1 Å². The van der Waals surface area contributed by atoms with Crippen LogP contribution in [0.1, 0.15) is 57.4 Å². The second-order valence-electron chi connectivity index (χ2n) is 6.04. The third kappa shape index (κ3) is 6.28. The van der Waals surface area contributed by atoms with Gasteiger partial charge in [-0.25, -0.2) is 14.8 Å². The van der Waals surface area contributed by atoms with Gasteiger partial charge in [0.1, 0.15) is 9.88 Å². The summed E-state index contributed by atoms with van der Waals surface area (Å²) in [7, 11) is 1.74. The molecular formula is C18H27N5O2S2. The zero-order valence-corrected chi connectivity index (χ0v) is 18.1. The summed E-state index contributed by atoms with van der Waals surface area (Å²) in [5, 5.41) is 10.7. The number of aryl methyl sites for hydroxylation is 3. The van der Waals surface area contributed by atoms with Crippen molar-refractivity contribution in [3.63, 3.8) is 0 Å². The van der Waals surface area contributed by atoms with Gasteiger partial charge in [0.15, 0.2) is 5.96 Å². The summed E-state index contributed by atoms with van der Waals surface area (Å²) in [4.78, 5) is 25.8. The molecule has 0 aliphatic heterocycles. The van der Waals surface area contributed by atoms with E-state index in [9.17, 15) is 4.79 Å². The van der Waals surface area contributed by atoms with Gasteiger partial charge >= 0.3 is 5.97 Å². The molecule has 0 aromatic carbocycles. The second kappa shape index (κ2) is 10.4. The van der Waals surface area contributed by atoms with Gasteiger partial charge in [-0.3, -0.25) is 4.99 Å². The third-order valence-corrected chi connectivity index (χ3v) is 6.09. The lowest BCUT2D eigenvalue weighted by molar-refractivity contribution is 0.0531. The lowest BCUT2D eigenvalue weighted by Crippen LogP contribution is -2.39. The molecule has 148 valence electrons. The predicted octanol–water partition coefficient (Wildman–Crippen LogP) is 3.25. The van der Waals surface area contributed by atoms with Crippen molar-refractivity contribution >= 4 is 34.6 Å². The molecule has 2 N–H and O–H groups in total. The summed E-state index contributed by atoms with van der Waals surface area (Å²) in [6.07, 6.45) is 1.93. The van der Waals surface area contributed by atoms with Gasteiger partial charge in [0.25, 0.3) is 0 Å². The van der Waals surface area contributed by atoms with E-state index < -0.39 is 0 Å². The fourth-order valence-electron chi connectivity index (χ4n) is 2.41. The number of carbonyl (C=O) groups is 1. The molecule has 0 saturated heterocycles. The van der Waals surface area contributed by atoms with E-state index in [2.05, 4.69) is 31.0 Å². The molecule has 0 saturated carbocycles. The molecule has 0 spiro atoms. The van der Waals surface area contributed by atoms with Crippen LogP contribution in [-0.2, 0) is 11.2 Å². The van der Waals surface area contributed by atoms with Gasteiger partial charge in [-0.2, -0.15) is 0 Å². The fourth-order valence-corrected chi connectivity index (χ4v) is 4.20. The number of hydrogen-bond donors (Lipinski definition) is 2. The first-order valence-electron chi connectivity index (χ1n) is 8.97. The Balaban J connectivity index is 1.84. The number of nitrogens with one attached hydrogen (secondary N) is 2. The summed E-state index contributed by atoms with van der Waals surface area (Å²) in [5.74, 6) is 0.397. The molecule has 0 radical (unpaired) electrons. The predicted molar refractivity (Wildman–Crippen MR) is 111 cm³/mol. The van der Waals surface area contributed by atoms with Crippen molar-refractivity contribution in [1.29, 1.82) is 0 Å². The van der Waals surface area contributed by atoms with E-state index in [1.165, 1.54) is 11.3 Å². The number of esters is 1. The van der Waals surface area contributed by atoms with Crippen LogP contribution >= 0.6 is 22.7 Å². The molecule has 0 amide bonds. The van der Waals surface area contributed by atoms with Crippen molar-refractivity contribution in [3.05, 3.63) is 31.7 Å². The maximum atomic E-state index is 12.0. The average molecular weight is 410 g/mol. The van der Waals surface area contributed by atoms with Crippen LogP contribution in [0.25, 0.3) is 0 Å². The molecule has 0 aliphatic rings. The average Bonchev–Trinajstić information content (AvgIpc) is 3.23. The number of rotatable bonds is 8. The number of aliphatic imine (C=N–C) groups is 1. The minimum atomic E-state index is -0.314. The fraction of sp³-hybridized carbons (Fsp3) is 0.556. The molecule has 0 aliphatic carbocycles. The van der Waals surface area contributed by atoms with Crippen LogP contribution in [0, 0.1) is 13.8 Å². The molecule has 2 aromatic rings. The van der Waals surface area contributed by atoms with E-state index in [1.54, 1.807) is 25.3 Å². The molecule has 2 aromatic heterocycles. The van der Waals surface area contributed by atoms with E-state index in [1.807, 2.05) is 20.8 Å². The number of carbonyl (C=O) groups excluding carboxylic acids is 1. The summed E-state index contributed by atoms with van der Waals surface area (Å²) in [6, 6.07) is -0.0651. The van der Waals surface area contributed by atoms with Crippen LogP contribution in [0.2, 0.25) is 0 Å².